The Morgan fingerprint density at radius 3 is 2.37 bits per heavy atom. The summed E-state index contributed by atoms with van der Waals surface area (Å²) in [7, 11) is -1.83. The van der Waals surface area contributed by atoms with Gasteiger partial charge in [0, 0.05) is 7.05 Å². The molecule has 0 fully saturated rings. The summed E-state index contributed by atoms with van der Waals surface area (Å²) in [6.45, 7) is 5.86. The first-order valence-electron chi connectivity index (χ1n) is 8.61. The van der Waals surface area contributed by atoms with Crippen LogP contribution in [0.2, 0.25) is 0 Å². The molecule has 6 nitrogen and oxygen atoms in total. The molecule has 7 heteroatoms. The zero-order valence-electron chi connectivity index (χ0n) is 16.3. The Morgan fingerprint density at radius 2 is 1.78 bits per heavy atom. The molecule has 0 aromatic heterocycles. The highest BCUT2D eigenvalue weighted by atomic mass is 32.2. The van der Waals surface area contributed by atoms with Gasteiger partial charge in [0.1, 0.15) is 5.75 Å². The SMILES string of the molecule is Cc1ccc(C)c([C@@H](C)NC(=O)COc2ccc(N(C)S(C)(=O)=O)cc2)c1. The number of nitrogens with one attached hydrogen (secondary N) is 1. The average molecular weight is 391 g/mol. The Balaban J connectivity index is 1.92. The number of aryl methyl sites for hydroxylation is 2. The van der Waals surface area contributed by atoms with Crippen molar-refractivity contribution in [3.63, 3.8) is 0 Å². The van der Waals surface area contributed by atoms with Crippen LogP contribution in [0.15, 0.2) is 42.5 Å². The standard InChI is InChI=1S/C20H26N2O4S/c1-14-6-7-15(2)19(12-14)16(3)21-20(23)13-26-18-10-8-17(9-11-18)22(4)27(5,24)25/h6-12,16H,13H2,1-5H3,(H,21,23)/t16-/m1/s1. The topological polar surface area (TPSA) is 75.7 Å². The summed E-state index contributed by atoms with van der Waals surface area (Å²) >= 11 is 0. The molecule has 1 atom stereocenters. The number of hydrogen-bond acceptors (Lipinski definition) is 4. The summed E-state index contributed by atoms with van der Waals surface area (Å²) in [5.74, 6) is 0.274. The maximum Gasteiger partial charge on any atom is 0.258 e. The normalized spacial score (nSPS) is 12.3. The van der Waals surface area contributed by atoms with E-state index in [1.807, 2.05) is 32.9 Å². The lowest BCUT2D eigenvalue weighted by Gasteiger charge is -2.18. The van der Waals surface area contributed by atoms with Crippen molar-refractivity contribution in [3.05, 3.63) is 59.2 Å². The highest BCUT2D eigenvalue weighted by molar-refractivity contribution is 7.92. The highest BCUT2D eigenvalue weighted by Gasteiger charge is 2.14. The number of nitrogens with zero attached hydrogens (tertiary/aromatic N) is 1. The Hall–Kier alpha value is -2.54. The zero-order chi connectivity index (χ0) is 20.2. The van der Waals surface area contributed by atoms with Crippen LogP contribution in [0.3, 0.4) is 0 Å². The molecule has 0 radical (unpaired) electrons. The third kappa shape index (κ3) is 5.72. The fraction of sp³-hybridized carbons (Fsp3) is 0.350. The van der Waals surface area contributed by atoms with Gasteiger partial charge in [0.2, 0.25) is 10.0 Å². The summed E-state index contributed by atoms with van der Waals surface area (Å²) < 4.78 is 29.8. The molecule has 1 amide bonds. The van der Waals surface area contributed by atoms with Crippen LogP contribution >= 0.6 is 0 Å². The van der Waals surface area contributed by atoms with Crippen LogP contribution in [0.1, 0.15) is 29.7 Å². The first-order chi connectivity index (χ1) is 12.6. The van der Waals surface area contributed by atoms with Gasteiger partial charge in [0.05, 0.1) is 18.0 Å². The maximum absolute atomic E-state index is 12.2. The number of benzene rings is 2. The van der Waals surface area contributed by atoms with E-state index in [-0.39, 0.29) is 18.6 Å². The summed E-state index contributed by atoms with van der Waals surface area (Å²) in [6.07, 6.45) is 1.14. The summed E-state index contributed by atoms with van der Waals surface area (Å²) in [5, 5.41) is 2.93. The van der Waals surface area contributed by atoms with Gasteiger partial charge in [0.15, 0.2) is 6.61 Å². The molecule has 0 bridgehead atoms. The van der Waals surface area contributed by atoms with Gasteiger partial charge in [-0.05, 0) is 56.2 Å². The molecular formula is C20H26N2O4S. The number of sulfonamides is 1. The Labute approximate surface area is 161 Å². The Kier molecular flexibility index (Phi) is 6.49. The zero-order valence-corrected chi connectivity index (χ0v) is 17.1. The molecule has 1 N–H and O–H groups in total. The minimum Gasteiger partial charge on any atom is -0.484 e. The van der Waals surface area contributed by atoms with Crippen LogP contribution in [0.4, 0.5) is 5.69 Å². The Bertz CT molecular complexity index is 908. The summed E-state index contributed by atoms with van der Waals surface area (Å²) in [6, 6.07) is 12.6. The highest BCUT2D eigenvalue weighted by Crippen LogP contribution is 2.21. The third-order valence-corrected chi connectivity index (χ3v) is 5.55. The Morgan fingerprint density at radius 1 is 1.15 bits per heavy atom. The number of rotatable bonds is 7. The van der Waals surface area contributed by atoms with Crippen molar-refractivity contribution >= 4 is 21.6 Å². The smallest absolute Gasteiger partial charge is 0.258 e. The molecule has 2 aromatic rings. The first kappa shape index (κ1) is 20.8. The van der Waals surface area contributed by atoms with Crippen LogP contribution in [0.25, 0.3) is 0 Å². The number of amides is 1. The van der Waals surface area contributed by atoms with Gasteiger partial charge < -0.3 is 10.1 Å². The van der Waals surface area contributed by atoms with E-state index in [2.05, 4.69) is 11.4 Å². The largest absolute Gasteiger partial charge is 0.484 e. The van der Waals surface area contributed by atoms with Gasteiger partial charge in [0.25, 0.3) is 5.91 Å². The lowest BCUT2D eigenvalue weighted by molar-refractivity contribution is -0.123. The van der Waals surface area contributed by atoms with Crippen molar-refractivity contribution in [2.75, 3.05) is 24.2 Å². The van der Waals surface area contributed by atoms with Crippen molar-refractivity contribution < 1.29 is 17.9 Å². The summed E-state index contributed by atoms with van der Waals surface area (Å²) in [5.41, 5.74) is 3.88. The number of ether oxygens (including phenoxy) is 1. The molecule has 0 saturated heterocycles. The van der Waals surface area contributed by atoms with Crippen LogP contribution in [-0.4, -0.2) is 34.2 Å². The van der Waals surface area contributed by atoms with Crippen molar-refractivity contribution in [1.82, 2.24) is 5.32 Å². The van der Waals surface area contributed by atoms with Gasteiger partial charge in [-0.15, -0.1) is 0 Å². The number of hydrogen-bond donors (Lipinski definition) is 1. The predicted octanol–water partition coefficient (Wildman–Crippen LogP) is 2.96. The van der Waals surface area contributed by atoms with Gasteiger partial charge in [-0.25, -0.2) is 8.42 Å². The van der Waals surface area contributed by atoms with E-state index >= 15 is 0 Å². The number of anilines is 1. The maximum atomic E-state index is 12.2. The molecule has 0 aliphatic carbocycles. The minimum atomic E-state index is -3.31. The van der Waals surface area contributed by atoms with E-state index in [9.17, 15) is 13.2 Å². The van der Waals surface area contributed by atoms with Gasteiger partial charge in [-0.2, -0.15) is 0 Å². The van der Waals surface area contributed by atoms with Crippen molar-refractivity contribution in [2.24, 2.45) is 0 Å². The number of carbonyl (C=O) groups excluding carboxylic acids is 1. The quantitative estimate of drug-likeness (QED) is 0.789. The first-order valence-corrected chi connectivity index (χ1v) is 10.5. The van der Waals surface area contributed by atoms with Gasteiger partial charge >= 0.3 is 0 Å². The van der Waals surface area contributed by atoms with Crippen LogP contribution in [0, 0.1) is 13.8 Å². The average Bonchev–Trinajstić information content (AvgIpc) is 2.61. The molecule has 2 rings (SSSR count). The van der Waals surface area contributed by atoms with E-state index < -0.39 is 10.0 Å². The van der Waals surface area contributed by atoms with E-state index in [0.717, 1.165) is 22.9 Å². The molecule has 2 aromatic carbocycles. The fourth-order valence-corrected chi connectivity index (χ4v) is 3.18. The second-order valence-corrected chi connectivity index (χ2v) is 8.68. The van der Waals surface area contributed by atoms with E-state index in [0.29, 0.717) is 11.4 Å². The van der Waals surface area contributed by atoms with Crippen molar-refractivity contribution in [3.8, 4) is 5.75 Å². The van der Waals surface area contributed by atoms with Crippen LogP contribution in [0.5, 0.6) is 5.75 Å². The second-order valence-electron chi connectivity index (χ2n) is 6.66. The van der Waals surface area contributed by atoms with E-state index in [4.69, 9.17) is 4.74 Å². The molecular weight excluding hydrogens is 364 g/mol. The summed E-state index contributed by atoms with van der Waals surface area (Å²) in [4.78, 5) is 12.2. The molecule has 0 unspecified atom stereocenters. The van der Waals surface area contributed by atoms with Gasteiger partial charge in [-0.3, -0.25) is 9.10 Å². The molecule has 0 aliphatic heterocycles. The molecule has 146 valence electrons. The van der Waals surface area contributed by atoms with Crippen LogP contribution in [-0.2, 0) is 14.8 Å². The third-order valence-electron chi connectivity index (χ3n) is 4.35. The van der Waals surface area contributed by atoms with Crippen LogP contribution < -0.4 is 14.4 Å². The monoisotopic (exact) mass is 390 g/mol. The molecule has 0 aliphatic rings. The lowest BCUT2D eigenvalue weighted by Crippen LogP contribution is -2.31. The lowest BCUT2D eigenvalue weighted by atomic mass is 10.00. The van der Waals surface area contributed by atoms with Crippen molar-refractivity contribution in [1.29, 1.82) is 0 Å². The van der Waals surface area contributed by atoms with E-state index in [1.54, 1.807) is 24.3 Å². The number of carbonyl (C=O) groups is 1. The van der Waals surface area contributed by atoms with Gasteiger partial charge in [-0.1, -0.05) is 23.8 Å². The predicted molar refractivity (Wildman–Crippen MR) is 108 cm³/mol. The molecule has 27 heavy (non-hydrogen) atoms. The molecule has 0 heterocycles. The minimum absolute atomic E-state index is 0.115. The second kappa shape index (κ2) is 8.43. The molecule has 0 saturated carbocycles. The fourth-order valence-electron chi connectivity index (χ4n) is 2.68. The van der Waals surface area contributed by atoms with Crippen molar-refractivity contribution in [2.45, 2.75) is 26.8 Å². The molecule has 0 spiro atoms. The van der Waals surface area contributed by atoms with E-state index in [1.165, 1.54) is 11.4 Å².